The Morgan fingerprint density at radius 2 is 1.58 bits per heavy atom. The summed E-state index contributed by atoms with van der Waals surface area (Å²) in [6.45, 7) is 1.73. The van der Waals surface area contributed by atoms with E-state index in [1.54, 1.807) is 25.1 Å². The molecule has 12 heteroatoms. The van der Waals surface area contributed by atoms with Crippen molar-refractivity contribution in [1.29, 1.82) is 0 Å². The molecule has 3 rings (SSSR count). The van der Waals surface area contributed by atoms with Crippen LogP contribution < -0.4 is 5.73 Å². The van der Waals surface area contributed by atoms with Crippen molar-refractivity contribution in [1.82, 2.24) is 0 Å². The molecule has 0 aliphatic heterocycles. The van der Waals surface area contributed by atoms with Gasteiger partial charge in [-0.05, 0) is 54.3 Å². The third-order valence-corrected chi connectivity index (χ3v) is 4.76. The zero-order chi connectivity index (χ0) is 23.3. The van der Waals surface area contributed by atoms with Gasteiger partial charge in [0.25, 0.3) is 10.1 Å². The summed E-state index contributed by atoms with van der Waals surface area (Å²) in [6.07, 6.45) is 1.19. The molecule has 31 heavy (non-hydrogen) atoms. The van der Waals surface area contributed by atoms with E-state index in [1.165, 1.54) is 36.6 Å². The first-order valence-corrected chi connectivity index (χ1v) is 11.4. The molecule has 0 bridgehead atoms. The molecule has 0 aromatic heterocycles. The topological polar surface area (TPSA) is 180 Å². The number of benzene rings is 3. The van der Waals surface area contributed by atoms with Gasteiger partial charge in [0.15, 0.2) is 0 Å². The normalized spacial score (nSPS) is 12.4. The quantitative estimate of drug-likeness (QED) is 0.193. The summed E-state index contributed by atoms with van der Waals surface area (Å²) in [5.74, 6) is -1.18. The summed E-state index contributed by atoms with van der Waals surface area (Å²) in [5.41, 5.74) is 6.92. The summed E-state index contributed by atoms with van der Waals surface area (Å²) in [6, 6.07) is 12.1. The molecule has 1 unspecified atom stereocenters. The van der Waals surface area contributed by atoms with Crippen molar-refractivity contribution in [3.8, 4) is 0 Å². The smallest absolute Gasteiger partial charge is 0.337 e. The Labute approximate surface area is 180 Å². The number of aromatic carboxylic acids is 1. The van der Waals surface area contributed by atoms with Gasteiger partial charge in [0.05, 0.1) is 16.9 Å². The van der Waals surface area contributed by atoms with Gasteiger partial charge in [-0.25, -0.2) is 9.00 Å². The molecule has 0 spiro atoms. The Kier molecular flexibility index (Phi) is 7.57. The predicted octanol–water partition coefficient (Wildman–Crippen LogP) is 3.93. The highest BCUT2D eigenvalue weighted by Crippen LogP contribution is 2.30. The van der Waals surface area contributed by atoms with Crippen molar-refractivity contribution in [2.45, 2.75) is 11.8 Å². The fourth-order valence-electron chi connectivity index (χ4n) is 2.64. The number of nitrogen functional groups attached to an aromatic ring is 1. The van der Waals surface area contributed by atoms with Gasteiger partial charge >= 0.3 is 5.97 Å². The SMILES string of the molecule is CS(=O)O.Cc1cc(S(=O)(=O)O)c2cc(N=Nc3ccc(N)c(C(=O)O)c3)ccc2c1. The molecule has 5 N–H and O–H groups in total. The van der Waals surface area contributed by atoms with Gasteiger partial charge in [-0.2, -0.15) is 18.6 Å². The standard InChI is InChI=1S/C18H15N3O5S.CH4O2S/c1-10-6-11-2-3-12(8-14(11)17(7-10)27(24,25)26)20-21-13-4-5-16(19)15(9-13)18(22)23;1-4(2)3/h2-9H,19H2,1H3,(H,22,23)(H,24,25,26);1H3,(H,2,3). The molecule has 0 radical (unpaired) electrons. The number of hydrogen-bond donors (Lipinski definition) is 4. The highest BCUT2D eigenvalue weighted by Gasteiger charge is 2.15. The Hall–Kier alpha value is -3.19. The third-order valence-electron chi connectivity index (χ3n) is 3.87. The highest BCUT2D eigenvalue weighted by molar-refractivity contribution is 7.86. The van der Waals surface area contributed by atoms with E-state index in [0.717, 1.165) is 0 Å². The molecule has 0 amide bonds. The van der Waals surface area contributed by atoms with Crippen LogP contribution in [-0.4, -0.2) is 39.1 Å². The van der Waals surface area contributed by atoms with Crippen LogP contribution in [0.5, 0.6) is 0 Å². The maximum atomic E-state index is 11.7. The molecule has 0 saturated heterocycles. The van der Waals surface area contributed by atoms with Crippen LogP contribution in [-0.2, 0) is 21.2 Å². The van der Waals surface area contributed by atoms with Crippen LogP contribution in [0.3, 0.4) is 0 Å². The number of aryl methyl sites for hydroxylation is 1. The number of carboxylic acid groups (broad SMARTS) is 1. The van der Waals surface area contributed by atoms with Gasteiger partial charge in [-0.15, -0.1) is 0 Å². The molecule has 3 aromatic rings. The fraction of sp³-hybridized carbons (Fsp3) is 0.105. The summed E-state index contributed by atoms with van der Waals surface area (Å²) < 4.78 is 49.4. The zero-order valence-electron chi connectivity index (χ0n) is 16.4. The number of nitrogens with two attached hydrogens (primary N) is 1. The summed E-state index contributed by atoms with van der Waals surface area (Å²) in [4.78, 5) is 10.9. The van der Waals surface area contributed by atoms with Crippen LogP contribution in [0, 0.1) is 6.92 Å². The molecule has 0 aliphatic rings. The summed E-state index contributed by atoms with van der Waals surface area (Å²) >= 11 is -1.61. The average Bonchev–Trinajstić information content (AvgIpc) is 2.65. The molecule has 0 saturated carbocycles. The van der Waals surface area contributed by atoms with Crippen molar-refractivity contribution in [3.05, 3.63) is 59.7 Å². The Morgan fingerprint density at radius 1 is 1.03 bits per heavy atom. The van der Waals surface area contributed by atoms with Crippen LogP contribution in [0.2, 0.25) is 0 Å². The van der Waals surface area contributed by atoms with E-state index in [9.17, 15) is 17.8 Å². The molecule has 10 nitrogen and oxygen atoms in total. The van der Waals surface area contributed by atoms with Crippen molar-refractivity contribution >= 4 is 55.0 Å². The highest BCUT2D eigenvalue weighted by atomic mass is 32.2. The van der Waals surface area contributed by atoms with E-state index in [-0.39, 0.29) is 21.8 Å². The first-order chi connectivity index (χ1) is 14.4. The van der Waals surface area contributed by atoms with Gasteiger partial charge in [-0.1, -0.05) is 12.1 Å². The maximum absolute atomic E-state index is 11.7. The lowest BCUT2D eigenvalue weighted by Crippen LogP contribution is -2.01. The number of carbonyl (C=O) groups is 1. The van der Waals surface area contributed by atoms with E-state index in [0.29, 0.717) is 22.0 Å². The van der Waals surface area contributed by atoms with Gasteiger partial charge < -0.3 is 15.4 Å². The predicted molar refractivity (Wildman–Crippen MR) is 117 cm³/mol. The largest absolute Gasteiger partial charge is 0.478 e. The second kappa shape index (κ2) is 9.75. The first-order valence-electron chi connectivity index (χ1n) is 8.47. The number of hydrogen-bond acceptors (Lipinski definition) is 7. The lowest BCUT2D eigenvalue weighted by Gasteiger charge is -2.06. The summed E-state index contributed by atoms with van der Waals surface area (Å²) in [7, 11) is -4.41. The van der Waals surface area contributed by atoms with Gasteiger partial charge in [0.2, 0.25) is 0 Å². The van der Waals surface area contributed by atoms with Crippen LogP contribution in [0.4, 0.5) is 17.1 Å². The summed E-state index contributed by atoms with van der Waals surface area (Å²) in [5, 5.41) is 18.0. The number of carboxylic acids is 1. The Morgan fingerprint density at radius 3 is 2.13 bits per heavy atom. The minimum Gasteiger partial charge on any atom is -0.478 e. The molecule has 0 heterocycles. The molecular weight excluding hydrogens is 446 g/mol. The monoisotopic (exact) mass is 465 g/mol. The molecule has 1 atom stereocenters. The van der Waals surface area contributed by atoms with Crippen molar-refractivity contribution in [2.24, 2.45) is 10.2 Å². The average molecular weight is 466 g/mol. The van der Waals surface area contributed by atoms with Crippen LogP contribution in [0.1, 0.15) is 15.9 Å². The number of fused-ring (bicyclic) bond motifs is 1. The minimum absolute atomic E-state index is 0.0888. The Balaban J connectivity index is 0.000000785. The van der Waals surface area contributed by atoms with E-state index in [2.05, 4.69) is 10.2 Å². The Bertz CT molecular complexity index is 1300. The van der Waals surface area contributed by atoms with E-state index < -0.39 is 27.2 Å². The van der Waals surface area contributed by atoms with Crippen LogP contribution >= 0.6 is 0 Å². The minimum atomic E-state index is -4.41. The third kappa shape index (κ3) is 6.65. The lowest BCUT2D eigenvalue weighted by molar-refractivity contribution is 0.0698. The second-order valence-corrected chi connectivity index (χ2v) is 8.58. The first kappa shape index (κ1) is 24.1. The molecule has 0 aliphatic carbocycles. The van der Waals surface area contributed by atoms with Gasteiger partial charge in [-0.3, -0.25) is 4.55 Å². The fourth-order valence-corrected chi connectivity index (χ4v) is 3.43. The van der Waals surface area contributed by atoms with Crippen molar-refractivity contribution in [2.75, 3.05) is 12.0 Å². The van der Waals surface area contributed by atoms with Gasteiger partial charge in [0.1, 0.15) is 16.0 Å². The molecule has 0 fully saturated rings. The molecule has 3 aromatic carbocycles. The molecular formula is C19H19N3O7S2. The van der Waals surface area contributed by atoms with E-state index in [1.807, 2.05) is 0 Å². The van der Waals surface area contributed by atoms with Crippen molar-refractivity contribution < 1.29 is 31.6 Å². The number of azo groups is 1. The van der Waals surface area contributed by atoms with Crippen LogP contribution in [0.15, 0.2) is 63.7 Å². The van der Waals surface area contributed by atoms with Crippen molar-refractivity contribution in [3.63, 3.8) is 0 Å². The second-order valence-electron chi connectivity index (χ2n) is 6.34. The van der Waals surface area contributed by atoms with E-state index >= 15 is 0 Å². The number of rotatable bonds is 4. The zero-order valence-corrected chi connectivity index (χ0v) is 18.0. The lowest BCUT2D eigenvalue weighted by atomic mass is 10.1. The van der Waals surface area contributed by atoms with Gasteiger partial charge in [0, 0.05) is 17.3 Å². The maximum Gasteiger partial charge on any atom is 0.337 e. The number of anilines is 1. The number of nitrogens with zero attached hydrogens (tertiary/aromatic N) is 2. The van der Waals surface area contributed by atoms with E-state index in [4.69, 9.17) is 19.6 Å². The van der Waals surface area contributed by atoms with Crippen LogP contribution in [0.25, 0.3) is 10.8 Å². The molecule has 164 valence electrons.